The molecule has 1 atom stereocenters. The van der Waals surface area contributed by atoms with E-state index in [0.717, 1.165) is 22.6 Å². The molecule has 0 aliphatic heterocycles. The van der Waals surface area contributed by atoms with E-state index < -0.39 is 15.8 Å². The molecule has 1 aromatic heterocycles. The lowest BCUT2D eigenvalue weighted by Crippen LogP contribution is -2.33. The van der Waals surface area contributed by atoms with E-state index in [1.165, 1.54) is 23.5 Å². The van der Waals surface area contributed by atoms with Gasteiger partial charge in [0, 0.05) is 22.9 Å². The number of thiophene rings is 1. The fourth-order valence-electron chi connectivity index (χ4n) is 2.66. The summed E-state index contributed by atoms with van der Waals surface area (Å²) in [6, 6.07) is 15.1. The van der Waals surface area contributed by atoms with Gasteiger partial charge in [-0.3, -0.25) is 4.79 Å². The van der Waals surface area contributed by atoms with Gasteiger partial charge in [-0.1, -0.05) is 29.8 Å². The van der Waals surface area contributed by atoms with Crippen molar-refractivity contribution in [1.82, 2.24) is 10.0 Å². The zero-order valence-corrected chi connectivity index (χ0v) is 17.5. The summed E-state index contributed by atoms with van der Waals surface area (Å²) < 4.78 is 39.7. The van der Waals surface area contributed by atoms with E-state index in [1.807, 2.05) is 29.6 Å². The third kappa shape index (κ3) is 5.86. The summed E-state index contributed by atoms with van der Waals surface area (Å²) in [6.07, 6.45) is -0.0457. The first-order chi connectivity index (χ1) is 13.8. The largest absolute Gasteiger partial charge is 0.344 e. The zero-order chi connectivity index (χ0) is 20.9. The lowest BCUT2D eigenvalue weighted by molar-refractivity contribution is -0.121. The molecule has 3 aromatic rings. The van der Waals surface area contributed by atoms with Crippen molar-refractivity contribution >= 4 is 38.9 Å². The van der Waals surface area contributed by atoms with Gasteiger partial charge in [-0.2, -0.15) is 0 Å². The second-order valence-corrected chi connectivity index (χ2v) is 9.35. The van der Waals surface area contributed by atoms with Crippen LogP contribution in [0, 0.1) is 5.82 Å². The standard InChI is InChI=1S/C20H18ClFN2O3S2/c21-15-5-3-14(4-6-15)20(18-2-1-13-28-18)24-19(25)11-12-23-29(26,27)17-9-7-16(22)8-10-17/h1-10,13,20,23H,11-12H2,(H,24,25). The molecule has 0 aliphatic rings. The molecular weight excluding hydrogens is 435 g/mol. The van der Waals surface area contributed by atoms with E-state index in [1.54, 1.807) is 12.1 Å². The Morgan fingerprint density at radius 3 is 2.38 bits per heavy atom. The molecule has 3 rings (SSSR count). The molecular formula is C20H18ClFN2O3S2. The number of benzene rings is 2. The quantitative estimate of drug-likeness (QED) is 0.540. The minimum atomic E-state index is -3.81. The molecule has 0 saturated carbocycles. The molecule has 0 aliphatic carbocycles. The van der Waals surface area contributed by atoms with Crippen LogP contribution in [-0.2, 0) is 14.8 Å². The van der Waals surface area contributed by atoms with E-state index >= 15 is 0 Å². The number of sulfonamides is 1. The average Bonchev–Trinajstić information content (AvgIpc) is 3.22. The molecule has 9 heteroatoms. The highest BCUT2D eigenvalue weighted by Gasteiger charge is 2.19. The molecule has 5 nitrogen and oxygen atoms in total. The highest BCUT2D eigenvalue weighted by molar-refractivity contribution is 7.89. The monoisotopic (exact) mass is 452 g/mol. The summed E-state index contributed by atoms with van der Waals surface area (Å²) in [7, 11) is -3.81. The summed E-state index contributed by atoms with van der Waals surface area (Å²) in [6.45, 7) is -0.0800. The van der Waals surface area contributed by atoms with Crippen molar-refractivity contribution < 1.29 is 17.6 Å². The van der Waals surface area contributed by atoms with Crippen LogP contribution in [0.2, 0.25) is 5.02 Å². The van der Waals surface area contributed by atoms with Gasteiger partial charge in [0.05, 0.1) is 10.9 Å². The lowest BCUT2D eigenvalue weighted by atomic mass is 10.1. The second kappa shape index (κ2) is 9.49. The number of carbonyl (C=O) groups excluding carboxylic acids is 1. The number of amides is 1. The van der Waals surface area contributed by atoms with Gasteiger partial charge in [-0.25, -0.2) is 17.5 Å². The third-order valence-corrected chi connectivity index (χ3v) is 6.77. The Kier molecular flexibility index (Phi) is 7.02. The van der Waals surface area contributed by atoms with Crippen LogP contribution in [0.15, 0.2) is 70.9 Å². The molecule has 29 heavy (non-hydrogen) atoms. The van der Waals surface area contributed by atoms with Crippen LogP contribution >= 0.6 is 22.9 Å². The number of hydrogen-bond acceptors (Lipinski definition) is 4. The van der Waals surface area contributed by atoms with Crippen LogP contribution in [0.1, 0.15) is 22.9 Å². The highest BCUT2D eigenvalue weighted by Crippen LogP contribution is 2.27. The van der Waals surface area contributed by atoms with E-state index in [9.17, 15) is 17.6 Å². The smallest absolute Gasteiger partial charge is 0.240 e. The molecule has 2 N–H and O–H groups in total. The minimum absolute atomic E-state index is 0.0457. The van der Waals surface area contributed by atoms with Gasteiger partial charge in [0.15, 0.2) is 0 Å². The maximum absolute atomic E-state index is 13.0. The number of halogens is 2. The van der Waals surface area contributed by atoms with Crippen molar-refractivity contribution in [2.24, 2.45) is 0 Å². The van der Waals surface area contributed by atoms with Crippen LogP contribution in [0.3, 0.4) is 0 Å². The second-order valence-electron chi connectivity index (χ2n) is 6.17. The molecule has 0 fully saturated rings. The van der Waals surface area contributed by atoms with Gasteiger partial charge in [0.25, 0.3) is 0 Å². The molecule has 1 heterocycles. The van der Waals surface area contributed by atoms with Crippen molar-refractivity contribution in [2.75, 3.05) is 6.54 Å². The molecule has 1 amide bonds. The Balaban J connectivity index is 1.62. The molecule has 1 unspecified atom stereocenters. The van der Waals surface area contributed by atoms with Crippen molar-refractivity contribution in [3.8, 4) is 0 Å². The van der Waals surface area contributed by atoms with Crippen molar-refractivity contribution in [1.29, 1.82) is 0 Å². The summed E-state index contributed by atoms with van der Waals surface area (Å²) in [5, 5.41) is 5.45. The lowest BCUT2D eigenvalue weighted by Gasteiger charge is -2.18. The Morgan fingerprint density at radius 2 is 1.76 bits per heavy atom. The van der Waals surface area contributed by atoms with E-state index in [-0.39, 0.29) is 29.8 Å². The molecule has 0 saturated heterocycles. The van der Waals surface area contributed by atoms with Crippen molar-refractivity contribution in [3.63, 3.8) is 0 Å². The first-order valence-electron chi connectivity index (χ1n) is 8.68. The molecule has 0 spiro atoms. The van der Waals surface area contributed by atoms with Gasteiger partial charge in [0.2, 0.25) is 15.9 Å². The zero-order valence-electron chi connectivity index (χ0n) is 15.1. The summed E-state index contributed by atoms with van der Waals surface area (Å²) in [4.78, 5) is 13.3. The van der Waals surface area contributed by atoms with E-state index in [4.69, 9.17) is 11.6 Å². The first-order valence-corrected chi connectivity index (χ1v) is 11.4. The first kappa shape index (κ1) is 21.4. The fourth-order valence-corrected chi connectivity index (χ4v) is 4.62. The number of rotatable bonds is 8. The highest BCUT2D eigenvalue weighted by atomic mass is 35.5. The number of carbonyl (C=O) groups is 1. The maximum atomic E-state index is 13.0. The Labute approximate surface area is 177 Å². The van der Waals surface area contributed by atoms with E-state index in [2.05, 4.69) is 10.0 Å². The number of hydrogen-bond donors (Lipinski definition) is 2. The van der Waals surface area contributed by atoms with Crippen molar-refractivity contribution in [2.45, 2.75) is 17.4 Å². The predicted octanol–water partition coefficient (Wildman–Crippen LogP) is 4.11. The van der Waals surface area contributed by atoms with Gasteiger partial charge >= 0.3 is 0 Å². The average molecular weight is 453 g/mol. The van der Waals surface area contributed by atoms with Crippen LogP contribution in [-0.4, -0.2) is 20.9 Å². The van der Waals surface area contributed by atoms with Gasteiger partial charge in [-0.05, 0) is 53.4 Å². The van der Waals surface area contributed by atoms with Crippen LogP contribution in [0.5, 0.6) is 0 Å². The Bertz CT molecular complexity index is 1050. The van der Waals surface area contributed by atoms with Gasteiger partial charge in [0.1, 0.15) is 5.82 Å². The fraction of sp³-hybridized carbons (Fsp3) is 0.150. The van der Waals surface area contributed by atoms with Crippen LogP contribution in [0.4, 0.5) is 4.39 Å². The van der Waals surface area contributed by atoms with Crippen molar-refractivity contribution in [3.05, 3.63) is 87.3 Å². The SMILES string of the molecule is O=C(CCNS(=O)(=O)c1ccc(F)cc1)NC(c1ccc(Cl)cc1)c1cccs1. The van der Waals surface area contributed by atoms with Crippen LogP contribution < -0.4 is 10.0 Å². The Morgan fingerprint density at radius 1 is 1.07 bits per heavy atom. The summed E-state index contributed by atoms with van der Waals surface area (Å²) in [5.41, 5.74) is 0.872. The predicted molar refractivity (Wildman–Crippen MR) is 112 cm³/mol. The number of nitrogens with one attached hydrogen (secondary N) is 2. The van der Waals surface area contributed by atoms with Gasteiger partial charge < -0.3 is 5.32 Å². The molecule has 0 bridgehead atoms. The van der Waals surface area contributed by atoms with E-state index in [0.29, 0.717) is 5.02 Å². The molecule has 0 radical (unpaired) electrons. The third-order valence-electron chi connectivity index (χ3n) is 4.10. The minimum Gasteiger partial charge on any atom is -0.344 e. The topological polar surface area (TPSA) is 75.3 Å². The molecule has 2 aromatic carbocycles. The molecule has 152 valence electrons. The van der Waals surface area contributed by atoms with Crippen LogP contribution in [0.25, 0.3) is 0 Å². The summed E-state index contributed by atoms with van der Waals surface area (Å²) >= 11 is 7.46. The normalized spacial score (nSPS) is 12.5. The summed E-state index contributed by atoms with van der Waals surface area (Å²) in [5.74, 6) is -0.828. The Hall–Kier alpha value is -2.26. The van der Waals surface area contributed by atoms with Gasteiger partial charge in [-0.15, -0.1) is 11.3 Å². The maximum Gasteiger partial charge on any atom is 0.240 e.